The Morgan fingerprint density at radius 1 is 1.37 bits per heavy atom. The fraction of sp³-hybridized carbons (Fsp3) is 0.538. The minimum Gasteiger partial charge on any atom is -0.367 e. The Bertz CT molecular complexity index is 537. The van der Waals surface area contributed by atoms with Gasteiger partial charge in [-0.15, -0.1) is 11.3 Å². The van der Waals surface area contributed by atoms with E-state index in [9.17, 15) is 0 Å². The number of fused-ring (bicyclic) bond motifs is 1. The zero-order valence-electron chi connectivity index (χ0n) is 11.9. The van der Waals surface area contributed by atoms with Crippen molar-refractivity contribution in [3.8, 4) is 0 Å². The maximum Gasteiger partial charge on any atom is 0.225 e. The van der Waals surface area contributed by atoms with Gasteiger partial charge in [0.2, 0.25) is 5.95 Å². The number of thiophene rings is 1. The van der Waals surface area contributed by atoms with E-state index in [0.29, 0.717) is 12.0 Å². The normalized spacial score (nSPS) is 12.9. The van der Waals surface area contributed by atoms with Gasteiger partial charge in [-0.25, -0.2) is 4.98 Å². The summed E-state index contributed by atoms with van der Waals surface area (Å²) in [5.41, 5.74) is 0. The van der Waals surface area contributed by atoms with Crippen molar-refractivity contribution in [3.05, 3.63) is 11.4 Å². The predicted molar refractivity (Wildman–Crippen MR) is 83.2 cm³/mol. The molecule has 0 spiro atoms. The van der Waals surface area contributed by atoms with E-state index < -0.39 is 0 Å². The van der Waals surface area contributed by atoms with E-state index in [4.69, 9.17) is 0 Å². The zero-order chi connectivity index (χ0) is 13.8. The minimum absolute atomic E-state index is 0.380. The lowest BCUT2D eigenvalue weighted by Gasteiger charge is -2.18. The minimum atomic E-state index is 0.380. The highest BCUT2D eigenvalue weighted by atomic mass is 32.1. The fourth-order valence-corrected chi connectivity index (χ4v) is 2.60. The maximum atomic E-state index is 4.52. The maximum absolute atomic E-state index is 4.52. The van der Waals surface area contributed by atoms with Crippen LogP contribution in [0.25, 0.3) is 10.2 Å². The third kappa shape index (κ3) is 3.54. The molecule has 2 N–H and O–H groups in total. The van der Waals surface area contributed by atoms with Crippen LogP contribution in [0.3, 0.4) is 0 Å². The highest BCUT2D eigenvalue weighted by molar-refractivity contribution is 7.16. The quantitative estimate of drug-likeness (QED) is 0.851. The number of anilines is 2. The van der Waals surface area contributed by atoms with Gasteiger partial charge in [0.15, 0.2) is 0 Å². The molecule has 2 rings (SSSR count). The first-order valence-corrected chi connectivity index (χ1v) is 7.32. The van der Waals surface area contributed by atoms with E-state index in [1.165, 1.54) is 0 Å². The van der Waals surface area contributed by atoms with Crippen LogP contribution in [0.4, 0.5) is 11.8 Å². The zero-order valence-corrected chi connectivity index (χ0v) is 12.7. The molecule has 1 unspecified atom stereocenters. The lowest BCUT2D eigenvalue weighted by atomic mass is 10.2. The lowest BCUT2D eigenvalue weighted by molar-refractivity contribution is 0.390. The molecular weight excluding hydrogens is 258 g/mol. The Balaban J connectivity index is 2.16. The molecule has 2 aromatic heterocycles. The summed E-state index contributed by atoms with van der Waals surface area (Å²) in [7, 11) is 6.02. The summed E-state index contributed by atoms with van der Waals surface area (Å²) in [6.07, 6.45) is 1.08. The van der Waals surface area contributed by atoms with E-state index in [-0.39, 0.29) is 0 Å². The molecule has 0 aromatic carbocycles. The molecule has 0 amide bonds. The summed E-state index contributed by atoms with van der Waals surface area (Å²) < 4.78 is 0. The van der Waals surface area contributed by atoms with Gasteiger partial charge in [0.25, 0.3) is 0 Å². The molecule has 1 atom stereocenters. The molecule has 19 heavy (non-hydrogen) atoms. The Morgan fingerprint density at radius 2 is 2.16 bits per heavy atom. The summed E-state index contributed by atoms with van der Waals surface area (Å²) in [6, 6.07) is 2.45. The third-order valence-electron chi connectivity index (χ3n) is 2.94. The number of nitrogens with one attached hydrogen (secondary N) is 2. The first kappa shape index (κ1) is 14.0. The number of rotatable bonds is 6. The molecule has 0 saturated carbocycles. The molecule has 6 heteroatoms. The van der Waals surface area contributed by atoms with Crippen molar-refractivity contribution in [2.45, 2.75) is 19.4 Å². The van der Waals surface area contributed by atoms with Crippen molar-refractivity contribution in [2.24, 2.45) is 0 Å². The van der Waals surface area contributed by atoms with Crippen LogP contribution in [0, 0.1) is 0 Å². The number of hydrogen-bond donors (Lipinski definition) is 2. The first-order chi connectivity index (χ1) is 9.10. The van der Waals surface area contributed by atoms with Gasteiger partial charge in [0.05, 0.1) is 5.39 Å². The highest BCUT2D eigenvalue weighted by Gasteiger charge is 2.10. The summed E-state index contributed by atoms with van der Waals surface area (Å²) in [5, 5.41) is 9.65. The second-order valence-corrected chi connectivity index (χ2v) is 5.82. The van der Waals surface area contributed by atoms with Crippen molar-refractivity contribution in [3.63, 3.8) is 0 Å². The van der Waals surface area contributed by atoms with Gasteiger partial charge in [-0.1, -0.05) is 0 Å². The molecule has 0 radical (unpaired) electrons. The summed E-state index contributed by atoms with van der Waals surface area (Å²) in [4.78, 5) is 12.2. The van der Waals surface area contributed by atoms with Crippen LogP contribution in [-0.2, 0) is 0 Å². The molecule has 2 aromatic rings. The van der Waals surface area contributed by atoms with E-state index in [2.05, 4.69) is 58.0 Å². The van der Waals surface area contributed by atoms with E-state index in [1.54, 1.807) is 11.3 Å². The van der Waals surface area contributed by atoms with E-state index in [0.717, 1.165) is 29.0 Å². The summed E-state index contributed by atoms with van der Waals surface area (Å²) in [5.74, 6) is 1.58. The second-order valence-electron chi connectivity index (χ2n) is 4.92. The van der Waals surface area contributed by atoms with Crippen LogP contribution in [0.15, 0.2) is 11.4 Å². The Kier molecular flexibility index (Phi) is 4.55. The molecule has 0 aliphatic heterocycles. The van der Waals surface area contributed by atoms with E-state index in [1.807, 2.05) is 7.05 Å². The van der Waals surface area contributed by atoms with Crippen molar-refractivity contribution in [1.82, 2.24) is 14.9 Å². The van der Waals surface area contributed by atoms with Crippen LogP contribution in [0.2, 0.25) is 0 Å². The molecule has 2 heterocycles. The molecule has 104 valence electrons. The van der Waals surface area contributed by atoms with Gasteiger partial charge < -0.3 is 15.5 Å². The lowest BCUT2D eigenvalue weighted by Crippen LogP contribution is -2.23. The van der Waals surface area contributed by atoms with Crippen LogP contribution in [0.5, 0.6) is 0 Å². The Hall–Kier alpha value is -1.40. The van der Waals surface area contributed by atoms with Gasteiger partial charge in [-0.2, -0.15) is 4.98 Å². The molecule has 0 aliphatic rings. The molecule has 0 bridgehead atoms. The second kappa shape index (κ2) is 6.16. The van der Waals surface area contributed by atoms with Gasteiger partial charge >= 0.3 is 0 Å². The van der Waals surface area contributed by atoms with Gasteiger partial charge in [0, 0.05) is 13.1 Å². The Labute approximate surface area is 118 Å². The molecule has 0 aliphatic carbocycles. The average Bonchev–Trinajstić information content (AvgIpc) is 2.84. The predicted octanol–water partition coefficient (Wildman–Crippen LogP) is 2.49. The van der Waals surface area contributed by atoms with Crippen molar-refractivity contribution in [1.29, 1.82) is 0 Å². The molecular formula is C13H21N5S. The topological polar surface area (TPSA) is 53.1 Å². The van der Waals surface area contributed by atoms with Crippen molar-refractivity contribution >= 4 is 33.3 Å². The van der Waals surface area contributed by atoms with Gasteiger partial charge in [-0.05, 0) is 45.4 Å². The number of hydrogen-bond acceptors (Lipinski definition) is 6. The third-order valence-corrected chi connectivity index (χ3v) is 3.75. The molecule has 5 nitrogen and oxygen atoms in total. The van der Waals surface area contributed by atoms with Crippen LogP contribution < -0.4 is 10.6 Å². The number of nitrogens with zero attached hydrogens (tertiary/aromatic N) is 3. The highest BCUT2D eigenvalue weighted by Crippen LogP contribution is 2.26. The van der Waals surface area contributed by atoms with Crippen LogP contribution >= 0.6 is 11.3 Å². The van der Waals surface area contributed by atoms with Gasteiger partial charge in [-0.3, -0.25) is 0 Å². The largest absolute Gasteiger partial charge is 0.367 e. The van der Waals surface area contributed by atoms with Crippen molar-refractivity contribution < 1.29 is 0 Å². The van der Waals surface area contributed by atoms with Gasteiger partial charge in [0.1, 0.15) is 10.6 Å². The summed E-state index contributed by atoms with van der Waals surface area (Å²) >= 11 is 1.64. The monoisotopic (exact) mass is 279 g/mol. The average molecular weight is 279 g/mol. The standard InChI is InChI=1S/C13H21N5S/c1-9(5-7-18(3)4)15-11-10-6-8-19-12(10)17-13(14-2)16-11/h6,8-9H,5,7H2,1-4H3,(H2,14,15,16,17). The smallest absolute Gasteiger partial charge is 0.225 e. The summed E-state index contributed by atoms with van der Waals surface area (Å²) in [6.45, 7) is 3.24. The van der Waals surface area contributed by atoms with Crippen LogP contribution in [0.1, 0.15) is 13.3 Å². The molecule has 0 fully saturated rings. The van der Waals surface area contributed by atoms with E-state index >= 15 is 0 Å². The van der Waals surface area contributed by atoms with Crippen molar-refractivity contribution in [2.75, 3.05) is 38.3 Å². The fourth-order valence-electron chi connectivity index (χ4n) is 1.83. The Morgan fingerprint density at radius 3 is 2.84 bits per heavy atom. The van der Waals surface area contributed by atoms with Crippen LogP contribution in [-0.4, -0.2) is 48.6 Å². The SMILES string of the molecule is CNc1nc(NC(C)CCN(C)C)c2ccsc2n1. The first-order valence-electron chi connectivity index (χ1n) is 6.44. The number of aromatic nitrogens is 2. The molecule has 0 saturated heterocycles.